The third-order valence-corrected chi connectivity index (χ3v) is 2.99. The maximum atomic E-state index is 12.4. The molecule has 0 saturated carbocycles. The first-order chi connectivity index (χ1) is 9.36. The van der Waals surface area contributed by atoms with Crippen LogP contribution in [0.15, 0.2) is 24.3 Å². The number of hydrogen-bond donors (Lipinski definition) is 0. The van der Waals surface area contributed by atoms with E-state index in [0.717, 1.165) is 0 Å². The molecule has 0 radical (unpaired) electrons. The monoisotopic (exact) mass is 274 g/mol. The molecular formula is C16H22N2O2. The molecule has 0 heterocycles. The molecule has 20 heavy (non-hydrogen) atoms. The van der Waals surface area contributed by atoms with Crippen LogP contribution in [-0.2, 0) is 4.79 Å². The summed E-state index contributed by atoms with van der Waals surface area (Å²) < 4.78 is 5.66. The Bertz CT molecular complexity index is 495. The molecular weight excluding hydrogens is 252 g/mol. The highest BCUT2D eigenvalue weighted by atomic mass is 16.5. The number of amides is 1. The molecule has 4 heteroatoms. The van der Waals surface area contributed by atoms with Crippen molar-refractivity contribution in [2.24, 2.45) is 0 Å². The van der Waals surface area contributed by atoms with Crippen LogP contribution in [0.5, 0.6) is 5.75 Å². The van der Waals surface area contributed by atoms with Crippen molar-refractivity contribution in [2.45, 2.75) is 52.8 Å². The number of nitriles is 1. The third-order valence-electron chi connectivity index (χ3n) is 2.99. The molecule has 0 bridgehead atoms. The summed E-state index contributed by atoms with van der Waals surface area (Å²) in [5, 5.41) is 8.86. The van der Waals surface area contributed by atoms with Gasteiger partial charge in [0.15, 0.2) is 6.10 Å². The molecule has 0 aliphatic rings. The van der Waals surface area contributed by atoms with Crippen molar-refractivity contribution in [3.63, 3.8) is 0 Å². The van der Waals surface area contributed by atoms with Gasteiger partial charge in [0.05, 0.1) is 11.6 Å². The fourth-order valence-electron chi connectivity index (χ4n) is 2.21. The summed E-state index contributed by atoms with van der Waals surface area (Å²) in [6.45, 7) is 9.68. The number of carbonyl (C=O) groups is 1. The Labute approximate surface area is 121 Å². The van der Waals surface area contributed by atoms with Gasteiger partial charge in [-0.2, -0.15) is 5.26 Å². The number of benzene rings is 1. The zero-order valence-corrected chi connectivity index (χ0v) is 12.8. The standard InChI is InChI=1S/C16H22N2O2/c1-11(2)18(12(3)4)16(19)13(5)20-15-8-6-7-14(9-15)10-17/h6-9,11-13H,1-5H3. The molecule has 1 rings (SSSR count). The van der Waals surface area contributed by atoms with Crippen molar-refractivity contribution < 1.29 is 9.53 Å². The molecule has 0 spiro atoms. The molecule has 0 N–H and O–H groups in total. The summed E-state index contributed by atoms with van der Waals surface area (Å²) in [7, 11) is 0. The van der Waals surface area contributed by atoms with Crippen LogP contribution in [0, 0.1) is 11.3 Å². The third kappa shape index (κ3) is 3.99. The molecule has 108 valence electrons. The Kier molecular flexibility index (Phi) is 5.57. The van der Waals surface area contributed by atoms with Crippen LogP contribution in [0.3, 0.4) is 0 Å². The first kappa shape index (κ1) is 16.0. The fraction of sp³-hybridized carbons (Fsp3) is 0.500. The number of ether oxygens (including phenoxy) is 1. The van der Waals surface area contributed by atoms with E-state index in [4.69, 9.17) is 10.00 Å². The zero-order chi connectivity index (χ0) is 15.3. The molecule has 0 aliphatic carbocycles. The second-order valence-electron chi connectivity index (χ2n) is 5.33. The van der Waals surface area contributed by atoms with Gasteiger partial charge in [0, 0.05) is 12.1 Å². The molecule has 0 aromatic heterocycles. The van der Waals surface area contributed by atoms with E-state index >= 15 is 0 Å². The Morgan fingerprint density at radius 3 is 2.30 bits per heavy atom. The van der Waals surface area contributed by atoms with Gasteiger partial charge in [0.25, 0.3) is 5.91 Å². The molecule has 4 nitrogen and oxygen atoms in total. The highest BCUT2D eigenvalue weighted by Crippen LogP contribution is 2.16. The second-order valence-corrected chi connectivity index (χ2v) is 5.33. The minimum atomic E-state index is -0.575. The lowest BCUT2D eigenvalue weighted by Crippen LogP contribution is -2.48. The van der Waals surface area contributed by atoms with Crippen molar-refractivity contribution in [3.8, 4) is 11.8 Å². The first-order valence-electron chi connectivity index (χ1n) is 6.85. The minimum absolute atomic E-state index is 0.0441. The number of carbonyl (C=O) groups excluding carboxylic acids is 1. The van der Waals surface area contributed by atoms with E-state index < -0.39 is 6.10 Å². The van der Waals surface area contributed by atoms with Crippen molar-refractivity contribution >= 4 is 5.91 Å². The van der Waals surface area contributed by atoms with Crippen molar-refractivity contribution in [1.29, 1.82) is 5.26 Å². The Morgan fingerprint density at radius 2 is 1.80 bits per heavy atom. The minimum Gasteiger partial charge on any atom is -0.481 e. The van der Waals surface area contributed by atoms with Crippen molar-refractivity contribution in [2.75, 3.05) is 0 Å². The highest BCUT2D eigenvalue weighted by molar-refractivity contribution is 5.81. The molecule has 1 atom stereocenters. The topological polar surface area (TPSA) is 53.3 Å². The molecule has 1 aromatic carbocycles. The van der Waals surface area contributed by atoms with Gasteiger partial charge in [-0.1, -0.05) is 6.07 Å². The molecule has 1 unspecified atom stereocenters. The predicted molar refractivity (Wildman–Crippen MR) is 78.4 cm³/mol. The summed E-state index contributed by atoms with van der Waals surface area (Å²) in [5.74, 6) is 0.495. The maximum absolute atomic E-state index is 12.4. The fourth-order valence-corrected chi connectivity index (χ4v) is 2.21. The van der Waals surface area contributed by atoms with E-state index in [1.165, 1.54) is 0 Å². The van der Waals surface area contributed by atoms with Gasteiger partial charge < -0.3 is 9.64 Å². The summed E-state index contributed by atoms with van der Waals surface area (Å²) in [6.07, 6.45) is -0.575. The summed E-state index contributed by atoms with van der Waals surface area (Å²) in [6, 6.07) is 9.14. The van der Waals surface area contributed by atoms with Crippen LogP contribution in [-0.4, -0.2) is 29.0 Å². The van der Waals surface area contributed by atoms with Crippen LogP contribution < -0.4 is 4.74 Å². The van der Waals surface area contributed by atoms with Gasteiger partial charge in [-0.25, -0.2) is 0 Å². The van der Waals surface area contributed by atoms with Crippen LogP contribution >= 0.6 is 0 Å². The molecule has 0 aliphatic heterocycles. The van der Waals surface area contributed by atoms with E-state index in [-0.39, 0.29) is 18.0 Å². The summed E-state index contributed by atoms with van der Waals surface area (Å²) in [4.78, 5) is 14.2. The van der Waals surface area contributed by atoms with Gasteiger partial charge in [-0.05, 0) is 52.8 Å². The normalized spacial score (nSPS) is 12.1. The SMILES string of the molecule is CC(Oc1cccc(C#N)c1)C(=O)N(C(C)C)C(C)C. The van der Waals surface area contributed by atoms with Gasteiger partial charge in [-0.3, -0.25) is 4.79 Å². The average Bonchev–Trinajstić information content (AvgIpc) is 2.37. The van der Waals surface area contributed by atoms with E-state index in [9.17, 15) is 4.79 Å². The number of rotatable bonds is 5. The molecule has 1 amide bonds. The van der Waals surface area contributed by atoms with E-state index in [2.05, 4.69) is 6.07 Å². The quantitative estimate of drug-likeness (QED) is 0.829. The Morgan fingerprint density at radius 1 is 1.20 bits per heavy atom. The summed E-state index contributed by atoms with van der Waals surface area (Å²) >= 11 is 0. The first-order valence-corrected chi connectivity index (χ1v) is 6.85. The van der Waals surface area contributed by atoms with Gasteiger partial charge in [0.1, 0.15) is 5.75 Å². The number of nitrogens with zero attached hydrogens (tertiary/aromatic N) is 2. The second kappa shape index (κ2) is 6.95. The van der Waals surface area contributed by atoms with E-state index in [1.807, 2.05) is 27.7 Å². The Balaban J connectivity index is 2.81. The molecule has 1 aromatic rings. The smallest absolute Gasteiger partial charge is 0.263 e. The largest absolute Gasteiger partial charge is 0.481 e. The van der Waals surface area contributed by atoms with Crippen LogP contribution in [0.1, 0.15) is 40.2 Å². The van der Waals surface area contributed by atoms with Crippen molar-refractivity contribution in [3.05, 3.63) is 29.8 Å². The van der Waals surface area contributed by atoms with Gasteiger partial charge in [-0.15, -0.1) is 0 Å². The molecule has 0 saturated heterocycles. The lowest BCUT2D eigenvalue weighted by atomic mass is 10.2. The number of hydrogen-bond acceptors (Lipinski definition) is 3. The van der Waals surface area contributed by atoms with Gasteiger partial charge in [0.2, 0.25) is 0 Å². The average molecular weight is 274 g/mol. The van der Waals surface area contributed by atoms with E-state index in [1.54, 1.807) is 36.1 Å². The van der Waals surface area contributed by atoms with Crippen LogP contribution in [0.4, 0.5) is 0 Å². The lowest BCUT2D eigenvalue weighted by Gasteiger charge is -2.33. The predicted octanol–water partition coefficient (Wildman–Crippen LogP) is 2.97. The van der Waals surface area contributed by atoms with Crippen molar-refractivity contribution in [1.82, 2.24) is 4.90 Å². The highest BCUT2D eigenvalue weighted by Gasteiger charge is 2.26. The lowest BCUT2D eigenvalue weighted by molar-refractivity contribution is -0.141. The zero-order valence-electron chi connectivity index (χ0n) is 12.8. The van der Waals surface area contributed by atoms with Crippen LogP contribution in [0.2, 0.25) is 0 Å². The Hall–Kier alpha value is -2.02. The van der Waals surface area contributed by atoms with Gasteiger partial charge >= 0.3 is 0 Å². The van der Waals surface area contributed by atoms with Crippen LogP contribution in [0.25, 0.3) is 0 Å². The summed E-state index contributed by atoms with van der Waals surface area (Å²) in [5.41, 5.74) is 0.520. The molecule has 0 fully saturated rings. The maximum Gasteiger partial charge on any atom is 0.263 e. The van der Waals surface area contributed by atoms with E-state index in [0.29, 0.717) is 11.3 Å².